The van der Waals surface area contributed by atoms with Gasteiger partial charge in [-0.05, 0) is 40.1 Å². The van der Waals surface area contributed by atoms with Crippen LogP contribution in [0.2, 0.25) is 0 Å². The largest absolute Gasteiger partial charge is 0.285 e. The lowest BCUT2D eigenvalue weighted by atomic mass is 10.4. The van der Waals surface area contributed by atoms with E-state index < -0.39 is 0 Å². The summed E-state index contributed by atoms with van der Waals surface area (Å²) in [6, 6.07) is 10.9. The van der Waals surface area contributed by atoms with Gasteiger partial charge in [0.1, 0.15) is 0 Å². The Labute approximate surface area is 88.9 Å². The Morgan fingerprint density at radius 1 is 1.14 bits per heavy atom. The van der Waals surface area contributed by atoms with E-state index in [0.29, 0.717) is 0 Å². The van der Waals surface area contributed by atoms with Crippen molar-refractivity contribution in [2.75, 3.05) is 20.3 Å². The maximum atomic E-state index is 2.38. The lowest BCUT2D eigenvalue weighted by Crippen LogP contribution is -2.16. The number of hydrogen-bond acceptors (Lipinski definition) is 1. The third kappa shape index (κ3) is 3.40. The minimum atomic E-state index is -0.0873. The summed E-state index contributed by atoms with van der Waals surface area (Å²) in [5.41, 5.74) is 0. The minimum Gasteiger partial charge on any atom is -0.285 e. The van der Waals surface area contributed by atoms with E-state index in [1.165, 1.54) is 24.3 Å². The molecule has 0 fully saturated rings. The summed E-state index contributed by atoms with van der Waals surface area (Å²) in [4.78, 5) is 0. The summed E-state index contributed by atoms with van der Waals surface area (Å²) in [6.45, 7) is 2.26. The molecule has 0 amide bonds. The van der Waals surface area contributed by atoms with Gasteiger partial charge >= 0.3 is 0 Å². The van der Waals surface area contributed by atoms with E-state index in [0.717, 1.165) is 0 Å². The Bertz CT molecular complexity index is 246. The minimum absolute atomic E-state index is 0.0873. The van der Waals surface area contributed by atoms with Crippen molar-refractivity contribution in [2.24, 2.45) is 0 Å². The van der Waals surface area contributed by atoms with Crippen LogP contribution in [0, 0.1) is 0 Å². The highest BCUT2D eigenvalue weighted by Gasteiger charge is 2.11. The molecule has 78 valence electrons. The molecule has 0 radical (unpaired) electrons. The molecule has 1 atom stereocenters. The first kappa shape index (κ1) is 11.7. The summed E-state index contributed by atoms with van der Waals surface area (Å²) in [7, 11) is 4.29. The molecule has 0 N–H and O–H groups in total. The number of hydrogen-bond donors (Lipinski definition) is 0. The van der Waals surface area contributed by atoms with E-state index in [-0.39, 0.29) is 8.07 Å². The fraction of sp³-hybridized carbons (Fsp3) is 0.500. The van der Waals surface area contributed by atoms with Crippen LogP contribution in [0.5, 0.6) is 0 Å². The van der Waals surface area contributed by atoms with Crippen molar-refractivity contribution in [3.05, 3.63) is 30.3 Å². The highest BCUT2D eigenvalue weighted by atomic mass is 31.1. The topological polar surface area (TPSA) is 3.24 Å². The fourth-order valence-corrected chi connectivity index (χ4v) is 3.72. The van der Waals surface area contributed by atoms with Crippen LogP contribution in [-0.2, 0) is 0 Å². The first-order valence-corrected chi connectivity index (χ1v) is 6.73. The van der Waals surface area contributed by atoms with Crippen LogP contribution in [-0.4, -0.2) is 24.9 Å². The zero-order valence-corrected chi connectivity index (χ0v) is 10.3. The number of benzene rings is 1. The molecule has 0 saturated heterocycles. The molecule has 0 aliphatic carbocycles. The maximum absolute atomic E-state index is 2.38. The highest BCUT2D eigenvalue weighted by Crippen LogP contribution is 2.37. The standard InChI is InChI=1S/C12H20NP/c1-4-5-11-14(13(2)3)12-9-7-6-8-10-12/h6-10H,4-5,11H2,1-3H3. The van der Waals surface area contributed by atoms with Gasteiger partial charge < -0.3 is 0 Å². The first-order chi connectivity index (χ1) is 6.75. The predicted molar refractivity (Wildman–Crippen MR) is 66.5 cm³/mol. The Morgan fingerprint density at radius 3 is 2.29 bits per heavy atom. The summed E-state index contributed by atoms with van der Waals surface area (Å²) in [6.07, 6.45) is 3.95. The summed E-state index contributed by atoms with van der Waals surface area (Å²) < 4.78 is 2.38. The average Bonchev–Trinajstić information content (AvgIpc) is 2.19. The van der Waals surface area contributed by atoms with E-state index in [9.17, 15) is 0 Å². The Balaban J connectivity index is 2.68. The van der Waals surface area contributed by atoms with Crippen LogP contribution >= 0.6 is 8.07 Å². The van der Waals surface area contributed by atoms with Crippen LogP contribution in [0.25, 0.3) is 0 Å². The highest BCUT2D eigenvalue weighted by molar-refractivity contribution is 7.63. The van der Waals surface area contributed by atoms with Gasteiger partial charge in [-0.1, -0.05) is 43.7 Å². The van der Waals surface area contributed by atoms with Crippen molar-refractivity contribution >= 4 is 13.4 Å². The van der Waals surface area contributed by atoms with Crippen molar-refractivity contribution in [3.8, 4) is 0 Å². The molecule has 0 aliphatic rings. The second kappa shape index (κ2) is 6.16. The molecule has 0 spiro atoms. The van der Waals surface area contributed by atoms with Crippen LogP contribution in [0.3, 0.4) is 0 Å². The van der Waals surface area contributed by atoms with Gasteiger partial charge in [-0.3, -0.25) is 4.67 Å². The number of nitrogens with zero attached hydrogens (tertiary/aromatic N) is 1. The SMILES string of the molecule is CCCCP(c1ccccc1)N(C)C. The number of unbranched alkanes of at least 4 members (excludes halogenated alkanes) is 1. The molecule has 1 aromatic carbocycles. The van der Waals surface area contributed by atoms with Gasteiger partial charge in [0.25, 0.3) is 0 Å². The van der Waals surface area contributed by atoms with Crippen molar-refractivity contribution in [3.63, 3.8) is 0 Å². The average molecular weight is 209 g/mol. The molecule has 2 heteroatoms. The fourth-order valence-electron chi connectivity index (χ4n) is 1.47. The summed E-state index contributed by atoms with van der Waals surface area (Å²) in [5, 5.41) is 1.50. The van der Waals surface area contributed by atoms with Crippen LogP contribution in [0.1, 0.15) is 19.8 Å². The Hall–Kier alpha value is -0.390. The molecule has 1 rings (SSSR count). The van der Waals surface area contributed by atoms with Crippen molar-refractivity contribution in [2.45, 2.75) is 19.8 Å². The van der Waals surface area contributed by atoms with Crippen LogP contribution in [0.4, 0.5) is 0 Å². The van der Waals surface area contributed by atoms with Crippen molar-refractivity contribution in [1.29, 1.82) is 0 Å². The van der Waals surface area contributed by atoms with E-state index in [1.54, 1.807) is 0 Å². The second-order valence-corrected chi connectivity index (χ2v) is 6.22. The van der Waals surface area contributed by atoms with Gasteiger partial charge in [0.2, 0.25) is 0 Å². The molecule has 0 aromatic heterocycles. The molecule has 0 saturated carbocycles. The lowest BCUT2D eigenvalue weighted by molar-refractivity contribution is 0.677. The normalized spacial score (nSPS) is 13.1. The molecule has 1 nitrogen and oxygen atoms in total. The predicted octanol–water partition coefficient (Wildman–Crippen LogP) is 3.07. The smallest absolute Gasteiger partial charge is 0.00457 e. The van der Waals surface area contributed by atoms with Crippen LogP contribution < -0.4 is 5.30 Å². The zero-order chi connectivity index (χ0) is 10.4. The molecule has 14 heavy (non-hydrogen) atoms. The quantitative estimate of drug-likeness (QED) is 0.674. The van der Waals surface area contributed by atoms with E-state index in [4.69, 9.17) is 0 Å². The van der Waals surface area contributed by atoms with Crippen molar-refractivity contribution in [1.82, 2.24) is 4.67 Å². The van der Waals surface area contributed by atoms with Crippen molar-refractivity contribution < 1.29 is 0 Å². The molecule has 1 aromatic rings. The summed E-state index contributed by atoms with van der Waals surface area (Å²) >= 11 is 0. The molecule has 0 bridgehead atoms. The van der Waals surface area contributed by atoms with E-state index in [1.807, 2.05) is 0 Å². The molecule has 0 aliphatic heterocycles. The Morgan fingerprint density at radius 2 is 1.79 bits per heavy atom. The van der Waals surface area contributed by atoms with Gasteiger partial charge in [0.05, 0.1) is 0 Å². The molecular weight excluding hydrogens is 189 g/mol. The van der Waals surface area contributed by atoms with E-state index >= 15 is 0 Å². The second-order valence-electron chi connectivity index (χ2n) is 3.66. The van der Waals surface area contributed by atoms with Gasteiger partial charge in [-0.2, -0.15) is 0 Å². The summed E-state index contributed by atoms with van der Waals surface area (Å²) in [5.74, 6) is 0. The zero-order valence-electron chi connectivity index (χ0n) is 9.40. The van der Waals surface area contributed by atoms with Gasteiger partial charge in [-0.25, -0.2) is 0 Å². The molecule has 0 heterocycles. The third-order valence-corrected chi connectivity index (χ3v) is 4.86. The van der Waals surface area contributed by atoms with Gasteiger partial charge in [-0.15, -0.1) is 0 Å². The number of rotatable bonds is 5. The first-order valence-electron chi connectivity index (χ1n) is 5.25. The van der Waals surface area contributed by atoms with Gasteiger partial charge in [0, 0.05) is 0 Å². The maximum Gasteiger partial charge on any atom is -0.00457 e. The monoisotopic (exact) mass is 209 g/mol. The third-order valence-electron chi connectivity index (χ3n) is 2.26. The lowest BCUT2D eigenvalue weighted by Gasteiger charge is -2.24. The Kier molecular flexibility index (Phi) is 5.14. The van der Waals surface area contributed by atoms with E-state index in [2.05, 4.69) is 56.0 Å². The van der Waals surface area contributed by atoms with Gasteiger partial charge in [0.15, 0.2) is 0 Å². The molecule has 1 unspecified atom stereocenters. The van der Waals surface area contributed by atoms with Crippen LogP contribution in [0.15, 0.2) is 30.3 Å². The molecular formula is C12H20NP.